The topological polar surface area (TPSA) is 83.6 Å². The maximum absolute atomic E-state index is 12.4. The minimum atomic E-state index is -0.129. The highest BCUT2D eigenvalue weighted by molar-refractivity contribution is 8.00. The minimum absolute atomic E-state index is 0.129. The summed E-state index contributed by atoms with van der Waals surface area (Å²) in [5.41, 5.74) is 2.86. The number of carbonyl (C=O) groups excluding carboxylic acids is 1. The van der Waals surface area contributed by atoms with Crippen molar-refractivity contribution in [3.63, 3.8) is 0 Å². The SMILES string of the molecule is Cc1ccccc1-c1nnc(SCC(=O)Nc2ccccc2SCC#N)n1C. The number of carbonyl (C=O) groups is 1. The van der Waals surface area contributed by atoms with E-state index in [1.165, 1.54) is 23.5 Å². The first kappa shape index (κ1) is 20.0. The van der Waals surface area contributed by atoms with Gasteiger partial charge in [0, 0.05) is 17.5 Å². The monoisotopic (exact) mass is 409 g/mol. The van der Waals surface area contributed by atoms with Gasteiger partial charge in [0.25, 0.3) is 0 Å². The number of benzene rings is 2. The maximum atomic E-state index is 12.4. The fourth-order valence-corrected chi connectivity index (χ4v) is 4.00. The lowest BCUT2D eigenvalue weighted by Crippen LogP contribution is -2.15. The number of nitrogens with zero attached hydrogens (tertiary/aromatic N) is 4. The van der Waals surface area contributed by atoms with Crippen molar-refractivity contribution in [2.45, 2.75) is 17.0 Å². The molecule has 3 rings (SSSR count). The molecule has 0 atom stereocenters. The van der Waals surface area contributed by atoms with E-state index in [2.05, 4.69) is 21.6 Å². The molecule has 3 aromatic rings. The van der Waals surface area contributed by atoms with Crippen molar-refractivity contribution in [3.05, 3.63) is 54.1 Å². The van der Waals surface area contributed by atoms with Crippen molar-refractivity contribution in [2.75, 3.05) is 16.8 Å². The van der Waals surface area contributed by atoms with Crippen LogP contribution in [0.5, 0.6) is 0 Å². The second kappa shape index (κ2) is 9.44. The van der Waals surface area contributed by atoms with Crippen molar-refractivity contribution < 1.29 is 4.79 Å². The number of aryl methyl sites for hydroxylation is 1. The van der Waals surface area contributed by atoms with Gasteiger partial charge >= 0.3 is 0 Å². The lowest BCUT2D eigenvalue weighted by molar-refractivity contribution is -0.113. The third-order valence-electron chi connectivity index (χ3n) is 4.01. The van der Waals surface area contributed by atoms with Crippen LogP contribution in [0.4, 0.5) is 5.69 Å². The third-order valence-corrected chi connectivity index (χ3v) is 5.97. The summed E-state index contributed by atoms with van der Waals surface area (Å²) in [4.78, 5) is 13.3. The molecule has 0 spiro atoms. The summed E-state index contributed by atoms with van der Waals surface area (Å²) in [6.07, 6.45) is 0. The third kappa shape index (κ3) is 4.74. The van der Waals surface area contributed by atoms with Gasteiger partial charge in [0.2, 0.25) is 5.91 Å². The number of hydrogen-bond donors (Lipinski definition) is 1. The molecule has 0 aliphatic carbocycles. The fourth-order valence-electron chi connectivity index (χ4n) is 2.62. The van der Waals surface area contributed by atoms with E-state index < -0.39 is 0 Å². The van der Waals surface area contributed by atoms with Crippen LogP contribution in [0.25, 0.3) is 11.4 Å². The maximum Gasteiger partial charge on any atom is 0.234 e. The van der Waals surface area contributed by atoms with Gasteiger partial charge in [-0.05, 0) is 24.6 Å². The molecule has 8 heteroatoms. The van der Waals surface area contributed by atoms with Crippen LogP contribution in [0.1, 0.15) is 5.56 Å². The standard InChI is InChI=1S/C20H19N5OS2/c1-14-7-3-4-8-15(14)19-23-24-20(25(19)2)28-13-18(26)22-16-9-5-6-10-17(16)27-12-11-21/h3-10H,12-13H2,1-2H3,(H,22,26). The Morgan fingerprint density at radius 1 is 1.14 bits per heavy atom. The lowest BCUT2D eigenvalue weighted by Gasteiger charge is -2.09. The van der Waals surface area contributed by atoms with E-state index >= 15 is 0 Å². The van der Waals surface area contributed by atoms with E-state index in [1.807, 2.05) is 67.1 Å². The Bertz CT molecular complexity index is 1030. The number of nitriles is 1. The quantitative estimate of drug-likeness (QED) is 0.591. The highest BCUT2D eigenvalue weighted by Gasteiger charge is 2.14. The average molecular weight is 410 g/mol. The predicted molar refractivity (Wildman–Crippen MR) is 113 cm³/mol. The molecule has 1 heterocycles. The van der Waals surface area contributed by atoms with Gasteiger partial charge in [0.1, 0.15) is 0 Å². The summed E-state index contributed by atoms with van der Waals surface area (Å²) in [5, 5.41) is 20.9. The molecular weight excluding hydrogens is 390 g/mol. The molecule has 0 radical (unpaired) electrons. The number of anilines is 1. The van der Waals surface area contributed by atoms with Crippen molar-refractivity contribution in [3.8, 4) is 17.5 Å². The summed E-state index contributed by atoms with van der Waals surface area (Å²) in [6.45, 7) is 2.03. The molecule has 0 aliphatic rings. The van der Waals surface area contributed by atoms with Gasteiger partial charge in [-0.15, -0.1) is 22.0 Å². The number of thioether (sulfide) groups is 2. The molecule has 1 aromatic heterocycles. The van der Waals surface area contributed by atoms with Gasteiger partial charge in [-0.25, -0.2) is 0 Å². The second-order valence-corrected chi connectivity index (χ2v) is 7.92. The Hall–Kier alpha value is -2.76. The second-order valence-electron chi connectivity index (χ2n) is 5.96. The molecule has 6 nitrogen and oxygen atoms in total. The zero-order valence-electron chi connectivity index (χ0n) is 15.5. The minimum Gasteiger partial charge on any atom is -0.324 e. The summed E-state index contributed by atoms with van der Waals surface area (Å²) < 4.78 is 1.90. The van der Waals surface area contributed by atoms with Crippen molar-refractivity contribution >= 4 is 35.1 Å². The molecule has 1 amide bonds. The summed E-state index contributed by atoms with van der Waals surface area (Å²) in [5.74, 6) is 1.20. The first-order chi connectivity index (χ1) is 13.6. The normalized spacial score (nSPS) is 10.5. The number of nitrogens with one attached hydrogen (secondary N) is 1. The molecule has 142 valence electrons. The van der Waals surface area contributed by atoms with Gasteiger partial charge in [-0.3, -0.25) is 4.79 Å². The smallest absolute Gasteiger partial charge is 0.234 e. The molecule has 0 saturated heterocycles. The van der Waals surface area contributed by atoms with Gasteiger partial charge in [-0.2, -0.15) is 5.26 Å². The van der Waals surface area contributed by atoms with Crippen LogP contribution in [0.3, 0.4) is 0 Å². The summed E-state index contributed by atoms with van der Waals surface area (Å²) in [7, 11) is 1.90. The van der Waals surface area contributed by atoms with Crippen molar-refractivity contribution in [1.29, 1.82) is 5.26 Å². The first-order valence-corrected chi connectivity index (χ1v) is 10.5. The molecule has 0 saturated carbocycles. The molecule has 2 aromatic carbocycles. The van der Waals surface area contributed by atoms with E-state index in [0.29, 0.717) is 16.6 Å². The Morgan fingerprint density at radius 2 is 1.89 bits per heavy atom. The Morgan fingerprint density at radius 3 is 2.68 bits per heavy atom. The van der Waals surface area contributed by atoms with E-state index in [-0.39, 0.29) is 11.7 Å². The first-order valence-electron chi connectivity index (χ1n) is 8.57. The van der Waals surface area contributed by atoms with E-state index in [9.17, 15) is 4.79 Å². The Balaban J connectivity index is 1.65. The highest BCUT2D eigenvalue weighted by Crippen LogP contribution is 2.28. The van der Waals surface area contributed by atoms with Crippen LogP contribution in [0.15, 0.2) is 58.6 Å². The zero-order valence-corrected chi connectivity index (χ0v) is 17.2. The van der Waals surface area contributed by atoms with Crippen LogP contribution < -0.4 is 5.32 Å². The Labute approximate surface area is 172 Å². The molecule has 1 N–H and O–H groups in total. The molecule has 28 heavy (non-hydrogen) atoms. The van der Waals surface area contributed by atoms with Gasteiger partial charge < -0.3 is 9.88 Å². The number of amides is 1. The van der Waals surface area contributed by atoms with Crippen LogP contribution in [-0.4, -0.2) is 32.2 Å². The Kier molecular flexibility index (Phi) is 6.74. The van der Waals surface area contributed by atoms with Crippen LogP contribution in [0.2, 0.25) is 0 Å². The summed E-state index contributed by atoms with van der Waals surface area (Å²) in [6, 6.07) is 17.6. The van der Waals surface area contributed by atoms with Crippen LogP contribution >= 0.6 is 23.5 Å². The average Bonchev–Trinajstić information content (AvgIpc) is 3.06. The van der Waals surface area contributed by atoms with E-state index in [0.717, 1.165) is 21.8 Å². The fraction of sp³-hybridized carbons (Fsp3) is 0.200. The predicted octanol–water partition coefficient (Wildman–Crippen LogP) is 4.14. The molecule has 0 bridgehead atoms. The number of hydrogen-bond acceptors (Lipinski definition) is 6. The number of para-hydroxylation sites is 1. The van der Waals surface area contributed by atoms with Gasteiger partial charge in [-0.1, -0.05) is 48.2 Å². The van der Waals surface area contributed by atoms with E-state index in [4.69, 9.17) is 5.26 Å². The summed E-state index contributed by atoms with van der Waals surface area (Å²) >= 11 is 2.74. The number of aromatic nitrogens is 3. The lowest BCUT2D eigenvalue weighted by atomic mass is 10.1. The largest absolute Gasteiger partial charge is 0.324 e. The van der Waals surface area contributed by atoms with Crippen molar-refractivity contribution in [1.82, 2.24) is 14.8 Å². The van der Waals surface area contributed by atoms with Crippen molar-refractivity contribution in [2.24, 2.45) is 7.05 Å². The molecular formula is C20H19N5OS2. The zero-order chi connectivity index (χ0) is 19.9. The molecule has 0 fully saturated rings. The number of rotatable bonds is 7. The molecule has 0 unspecified atom stereocenters. The molecule has 0 aliphatic heterocycles. The van der Waals surface area contributed by atoms with Gasteiger partial charge in [0.05, 0.1) is 23.3 Å². The van der Waals surface area contributed by atoms with Gasteiger partial charge in [0.15, 0.2) is 11.0 Å². The van der Waals surface area contributed by atoms with Crippen LogP contribution in [-0.2, 0) is 11.8 Å². The van der Waals surface area contributed by atoms with Crippen LogP contribution in [0, 0.1) is 18.3 Å². The van der Waals surface area contributed by atoms with E-state index in [1.54, 1.807) is 0 Å². The highest BCUT2D eigenvalue weighted by atomic mass is 32.2.